The predicted octanol–water partition coefficient (Wildman–Crippen LogP) is 6.57. The lowest BCUT2D eigenvalue weighted by molar-refractivity contribution is 0.0984. The third-order valence-corrected chi connectivity index (χ3v) is 7.71. The third kappa shape index (κ3) is 4.53. The van der Waals surface area contributed by atoms with Crippen molar-refractivity contribution in [2.24, 2.45) is 10.4 Å². The van der Waals surface area contributed by atoms with E-state index in [1.165, 1.54) is 23.4 Å². The Morgan fingerprint density at radius 1 is 1.06 bits per heavy atom. The van der Waals surface area contributed by atoms with Crippen molar-refractivity contribution in [3.05, 3.63) is 94.3 Å². The molecule has 36 heavy (non-hydrogen) atoms. The minimum absolute atomic E-state index is 0.0200. The van der Waals surface area contributed by atoms with E-state index in [0.717, 1.165) is 43.9 Å². The van der Waals surface area contributed by atoms with Crippen LogP contribution >= 0.6 is 11.6 Å². The number of amides is 2. The fraction of sp³-hybridized carbons (Fsp3) is 0.276. The number of para-hydroxylation sites is 1. The van der Waals surface area contributed by atoms with Gasteiger partial charge in [-0.25, -0.2) is 4.39 Å². The first-order valence-electron chi connectivity index (χ1n) is 12.1. The Bertz CT molecular complexity index is 1350. The zero-order chi connectivity index (χ0) is 25.3. The normalized spacial score (nSPS) is 20.3. The van der Waals surface area contributed by atoms with Crippen LogP contribution in [0.15, 0.2) is 71.7 Å². The van der Waals surface area contributed by atoms with Gasteiger partial charge in [0, 0.05) is 41.7 Å². The number of rotatable bonds is 3. The number of hydrogen-bond acceptors (Lipinski definition) is 3. The van der Waals surface area contributed by atoms with Gasteiger partial charge in [-0.3, -0.25) is 14.6 Å². The average Bonchev–Trinajstić information content (AvgIpc) is 3.20. The van der Waals surface area contributed by atoms with Crippen LogP contribution in [-0.4, -0.2) is 31.1 Å². The molecule has 0 bridgehead atoms. The lowest BCUT2D eigenvalue weighted by Crippen LogP contribution is -2.35. The van der Waals surface area contributed by atoms with Crippen LogP contribution in [0.4, 0.5) is 15.8 Å². The van der Waals surface area contributed by atoms with Gasteiger partial charge in [0.25, 0.3) is 11.8 Å². The number of carbonyl (C=O) groups excluding carboxylic acids is 2. The van der Waals surface area contributed by atoms with Crippen LogP contribution in [0, 0.1) is 11.2 Å². The van der Waals surface area contributed by atoms with Crippen molar-refractivity contribution in [3.8, 4) is 0 Å². The summed E-state index contributed by atoms with van der Waals surface area (Å²) < 4.78 is 13.6. The molecule has 0 saturated heterocycles. The first-order chi connectivity index (χ1) is 17.4. The number of carbonyl (C=O) groups is 2. The molecule has 5 nitrogen and oxygen atoms in total. The second-order valence-electron chi connectivity index (χ2n) is 9.47. The molecule has 0 unspecified atom stereocenters. The van der Waals surface area contributed by atoms with Gasteiger partial charge < -0.3 is 10.2 Å². The molecule has 1 spiro atoms. The first-order valence-corrected chi connectivity index (χ1v) is 12.5. The van der Waals surface area contributed by atoms with Crippen LogP contribution in [0.25, 0.3) is 0 Å². The topological polar surface area (TPSA) is 61.8 Å². The van der Waals surface area contributed by atoms with E-state index >= 15 is 0 Å². The van der Waals surface area contributed by atoms with Crippen LogP contribution in [0.3, 0.4) is 0 Å². The van der Waals surface area contributed by atoms with E-state index in [1.54, 1.807) is 24.3 Å². The molecule has 3 aromatic carbocycles. The Morgan fingerprint density at radius 2 is 1.83 bits per heavy atom. The second kappa shape index (κ2) is 9.86. The van der Waals surface area contributed by atoms with Crippen LogP contribution in [0.5, 0.6) is 0 Å². The van der Waals surface area contributed by atoms with Gasteiger partial charge in [-0.1, -0.05) is 29.8 Å². The Balaban J connectivity index is 1.37. The summed E-state index contributed by atoms with van der Waals surface area (Å²) in [6.45, 7) is 0.616. The Morgan fingerprint density at radius 3 is 2.61 bits per heavy atom. The standard InChI is InChI=1S/C29H27ClFN3O2/c1-32-26-7-4-14-29(26)15-16-34(25-6-3-2-5-20(25)18-29)28(36)19-8-11-22(12-9-19)33-27(35)23-17-21(31)10-13-24(23)30/h2-3,5-6,8-13,17H,4,7,14-16,18H2,1H3,(H,33,35)/t29-/m1/s1. The Labute approximate surface area is 215 Å². The molecular weight excluding hydrogens is 477 g/mol. The quantitative estimate of drug-likeness (QED) is 0.439. The summed E-state index contributed by atoms with van der Waals surface area (Å²) in [7, 11) is 1.88. The molecule has 7 heteroatoms. The summed E-state index contributed by atoms with van der Waals surface area (Å²) in [5.41, 5.74) is 4.47. The highest BCUT2D eigenvalue weighted by molar-refractivity contribution is 6.34. The van der Waals surface area contributed by atoms with Crippen molar-refractivity contribution < 1.29 is 14.0 Å². The highest BCUT2D eigenvalue weighted by atomic mass is 35.5. The second-order valence-corrected chi connectivity index (χ2v) is 9.88. The Hall–Kier alpha value is -3.51. The smallest absolute Gasteiger partial charge is 0.258 e. The van der Waals surface area contributed by atoms with Gasteiger partial charge in [-0.05, 0) is 86.2 Å². The number of fused-ring (bicyclic) bond motifs is 1. The van der Waals surface area contributed by atoms with Crippen LogP contribution < -0.4 is 10.2 Å². The molecule has 184 valence electrons. The number of nitrogens with one attached hydrogen (secondary N) is 1. The molecule has 1 fully saturated rings. The van der Waals surface area contributed by atoms with Gasteiger partial charge in [0.15, 0.2) is 0 Å². The summed E-state index contributed by atoms with van der Waals surface area (Å²) in [5, 5.41) is 2.88. The molecule has 0 radical (unpaired) electrons. The van der Waals surface area contributed by atoms with Crippen LogP contribution in [0.2, 0.25) is 5.02 Å². The SMILES string of the molecule is CN=C1CCC[C@]12CCN(C(=O)c1ccc(NC(=O)c3cc(F)ccc3Cl)cc1)c1ccccc1C2. The van der Waals surface area contributed by atoms with Crippen LogP contribution in [0.1, 0.15) is 52.0 Å². The van der Waals surface area contributed by atoms with E-state index in [1.807, 2.05) is 30.1 Å². The van der Waals surface area contributed by atoms with Crippen LogP contribution in [-0.2, 0) is 6.42 Å². The van der Waals surface area contributed by atoms with Crippen molar-refractivity contribution in [1.29, 1.82) is 0 Å². The minimum atomic E-state index is -0.542. The average molecular weight is 504 g/mol. The maximum atomic E-state index is 13.7. The maximum absolute atomic E-state index is 13.7. The highest BCUT2D eigenvalue weighted by Crippen LogP contribution is 2.46. The molecular formula is C29H27ClFN3O2. The summed E-state index contributed by atoms with van der Waals surface area (Å²) in [6.07, 6.45) is 5.03. The van der Waals surface area contributed by atoms with Gasteiger partial charge in [0.05, 0.1) is 10.6 Å². The molecule has 1 heterocycles. The first kappa shape index (κ1) is 24.2. The lowest BCUT2D eigenvalue weighted by Gasteiger charge is -2.29. The van der Waals surface area contributed by atoms with Gasteiger partial charge in [0.2, 0.25) is 0 Å². The molecule has 5 rings (SSSR count). The van der Waals surface area contributed by atoms with Crippen molar-refractivity contribution >= 4 is 40.5 Å². The molecule has 1 N–H and O–H groups in total. The van der Waals surface area contributed by atoms with E-state index in [4.69, 9.17) is 11.6 Å². The van der Waals surface area contributed by atoms with Gasteiger partial charge >= 0.3 is 0 Å². The van der Waals surface area contributed by atoms with Gasteiger partial charge in [-0.15, -0.1) is 0 Å². The zero-order valence-electron chi connectivity index (χ0n) is 20.1. The number of benzene rings is 3. The Kier molecular flexibility index (Phi) is 6.63. The molecule has 1 aliphatic heterocycles. The predicted molar refractivity (Wildman–Crippen MR) is 142 cm³/mol. The van der Waals surface area contributed by atoms with Crippen molar-refractivity contribution in [3.63, 3.8) is 0 Å². The molecule has 1 atom stereocenters. The fourth-order valence-electron chi connectivity index (χ4n) is 5.57. The number of nitrogens with zero attached hydrogens (tertiary/aromatic N) is 2. The summed E-state index contributed by atoms with van der Waals surface area (Å²) in [6, 6.07) is 18.5. The monoisotopic (exact) mass is 503 g/mol. The van der Waals surface area contributed by atoms with E-state index in [0.29, 0.717) is 17.8 Å². The zero-order valence-corrected chi connectivity index (χ0v) is 20.8. The van der Waals surface area contributed by atoms with E-state index in [2.05, 4.69) is 16.4 Å². The van der Waals surface area contributed by atoms with E-state index in [-0.39, 0.29) is 21.9 Å². The van der Waals surface area contributed by atoms with Crippen molar-refractivity contribution in [1.82, 2.24) is 0 Å². The maximum Gasteiger partial charge on any atom is 0.258 e. The van der Waals surface area contributed by atoms with Crippen molar-refractivity contribution in [2.45, 2.75) is 32.1 Å². The molecule has 2 amide bonds. The van der Waals surface area contributed by atoms with Gasteiger partial charge in [-0.2, -0.15) is 0 Å². The molecule has 1 saturated carbocycles. The lowest BCUT2D eigenvalue weighted by atomic mass is 9.76. The molecule has 2 aliphatic rings. The van der Waals surface area contributed by atoms with E-state index < -0.39 is 11.7 Å². The number of anilines is 2. The molecule has 0 aromatic heterocycles. The molecule has 1 aliphatic carbocycles. The number of halogens is 2. The largest absolute Gasteiger partial charge is 0.322 e. The number of hydrogen-bond donors (Lipinski definition) is 1. The number of aliphatic imine (C=N–C) groups is 1. The van der Waals surface area contributed by atoms with Gasteiger partial charge in [0.1, 0.15) is 5.82 Å². The highest BCUT2D eigenvalue weighted by Gasteiger charge is 2.42. The minimum Gasteiger partial charge on any atom is -0.322 e. The third-order valence-electron chi connectivity index (χ3n) is 7.38. The molecule has 3 aromatic rings. The van der Waals surface area contributed by atoms with E-state index in [9.17, 15) is 14.0 Å². The fourth-order valence-corrected chi connectivity index (χ4v) is 5.77. The summed E-state index contributed by atoms with van der Waals surface area (Å²) in [4.78, 5) is 32.7. The summed E-state index contributed by atoms with van der Waals surface area (Å²) >= 11 is 6.04. The summed E-state index contributed by atoms with van der Waals surface area (Å²) in [5.74, 6) is -1.14. The van der Waals surface area contributed by atoms with Crippen molar-refractivity contribution in [2.75, 3.05) is 23.8 Å².